The zero-order valence-electron chi connectivity index (χ0n) is 30.7. The van der Waals surface area contributed by atoms with Gasteiger partial charge in [-0.3, -0.25) is 9.48 Å². The highest BCUT2D eigenvalue weighted by atomic mass is 35.5. The molecule has 6 atom stereocenters. The fourth-order valence-corrected chi connectivity index (χ4v) is 10.8. The van der Waals surface area contributed by atoms with Crippen LogP contribution < -0.4 is 10.2 Å². The number of piperidine rings is 1. The first-order valence-corrected chi connectivity index (χ1v) is 20.0. The number of hydrogen-bond donors (Lipinski definition) is 1. The predicted molar refractivity (Wildman–Crippen MR) is 205 cm³/mol. The van der Waals surface area contributed by atoms with Gasteiger partial charge in [-0.15, -0.1) is 0 Å². The van der Waals surface area contributed by atoms with Gasteiger partial charge in [0.15, 0.2) is 11.5 Å². The second-order valence-corrected chi connectivity index (χ2v) is 17.1. The molecule has 1 amide bonds. The zero-order chi connectivity index (χ0) is 38.9. The van der Waals surface area contributed by atoms with Crippen LogP contribution in [0.15, 0.2) is 36.5 Å². The molecule has 9 nitrogen and oxygen atoms in total. The minimum atomic E-state index is -4.64. The second-order valence-electron chi connectivity index (χ2n) is 16.3. The molecule has 6 unspecified atom stereocenters. The van der Waals surface area contributed by atoms with Crippen molar-refractivity contribution in [1.82, 2.24) is 29.5 Å². The zero-order valence-corrected chi connectivity index (χ0v) is 32.2. The molecule has 5 aromatic rings. The van der Waals surface area contributed by atoms with Crippen LogP contribution in [0.3, 0.4) is 0 Å². The summed E-state index contributed by atoms with van der Waals surface area (Å²) < 4.78 is 63.7. The van der Waals surface area contributed by atoms with Gasteiger partial charge in [0.05, 0.1) is 45.4 Å². The molecule has 56 heavy (non-hydrogen) atoms. The normalized spacial score (nSPS) is 25.7. The molecule has 2 aliphatic carbocycles. The van der Waals surface area contributed by atoms with Gasteiger partial charge in [-0.05, 0) is 68.7 Å². The highest BCUT2D eigenvalue weighted by molar-refractivity contribution is 6.43. The SMILES string of the molecule is Cc1nc2c(F)c(-c3cccc(Cl)c3Cl)c(CCC#N)cc2c2c1cc(C1C3CC(CN(c4cn(C)nc4C(F)(F)F)C3)N1C(=O)C1CC1)n2C1C2CNC1C2. The topological polar surface area (TPSA) is 95.0 Å². The molecule has 1 N–H and O–H groups in total. The summed E-state index contributed by atoms with van der Waals surface area (Å²) in [5.41, 5.74) is 2.90. The van der Waals surface area contributed by atoms with Gasteiger partial charge in [0, 0.05) is 90.5 Å². The number of benzene rings is 2. The van der Waals surface area contributed by atoms with Gasteiger partial charge in [-0.1, -0.05) is 35.3 Å². The third kappa shape index (κ3) is 5.38. The van der Waals surface area contributed by atoms with Gasteiger partial charge in [0.25, 0.3) is 0 Å². The third-order valence-electron chi connectivity index (χ3n) is 12.9. The molecule has 7 heterocycles. The number of halogens is 6. The molecule has 11 rings (SSSR count). The third-order valence-corrected chi connectivity index (χ3v) is 13.8. The van der Waals surface area contributed by atoms with Crippen molar-refractivity contribution < 1.29 is 22.4 Å². The lowest BCUT2D eigenvalue weighted by molar-refractivity contribution is -0.141. The summed E-state index contributed by atoms with van der Waals surface area (Å²) in [6, 6.07) is 10.8. The number of aryl methyl sites for hydroxylation is 3. The summed E-state index contributed by atoms with van der Waals surface area (Å²) in [5.74, 6) is -0.480. The number of anilines is 1. The molecule has 290 valence electrons. The first-order valence-electron chi connectivity index (χ1n) is 19.2. The van der Waals surface area contributed by atoms with E-state index in [4.69, 9.17) is 28.2 Å². The van der Waals surface area contributed by atoms with Gasteiger partial charge in [0.2, 0.25) is 5.91 Å². The van der Waals surface area contributed by atoms with Crippen LogP contribution in [-0.2, 0) is 24.4 Å². The summed E-state index contributed by atoms with van der Waals surface area (Å²) in [7, 11) is 1.49. The molecule has 4 aliphatic heterocycles. The summed E-state index contributed by atoms with van der Waals surface area (Å²) in [6.07, 6.45) is 0.435. The van der Waals surface area contributed by atoms with E-state index in [0.717, 1.165) is 42.4 Å². The number of nitriles is 1. The first-order chi connectivity index (χ1) is 26.8. The van der Waals surface area contributed by atoms with Crippen LogP contribution >= 0.6 is 23.2 Å². The number of amides is 1. The molecule has 0 spiro atoms. The molecule has 3 aromatic heterocycles. The Bertz CT molecular complexity index is 2510. The van der Waals surface area contributed by atoms with Gasteiger partial charge >= 0.3 is 6.18 Å². The predicted octanol–water partition coefficient (Wildman–Crippen LogP) is 8.54. The number of carbonyl (C=O) groups is 1. The van der Waals surface area contributed by atoms with E-state index in [2.05, 4.69) is 27.1 Å². The van der Waals surface area contributed by atoms with E-state index >= 15 is 4.39 Å². The van der Waals surface area contributed by atoms with Crippen molar-refractivity contribution in [3.63, 3.8) is 0 Å². The summed E-state index contributed by atoms with van der Waals surface area (Å²) in [6.45, 7) is 3.27. The molecule has 4 saturated heterocycles. The highest BCUT2D eigenvalue weighted by Gasteiger charge is 2.55. The Morgan fingerprint density at radius 2 is 1.91 bits per heavy atom. The minimum absolute atomic E-state index is 0.0183. The summed E-state index contributed by atoms with van der Waals surface area (Å²) in [5, 5.41) is 19.0. The lowest BCUT2D eigenvalue weighted by atomic mass is 9.79. The number of likely N-dealkylation sites (tertiary alicyclic amines) is 1. The molecule has 0 radical (unpaired) electrons. The molecule has 15 heteroatoms. The smallest absolute Gasteiger partial charge is 0.366 e. The number of fused-ring (bicyclic) bond motifs is 6. The van der Waals surface area contributed by atoms with E-state index in [1.165, 1.54) is 17.9 Å². The van der Waals surface area contributed by atoms with Crippen LogP contribution in [0, 0.1) is 41.8 Å². The maximum atomic E-state index is 17.3. The molecule has 6 fully saturated rings. The van der Waals surface area contributed by atoms with E-state index < -0.39 is 23.7 Å². The Morgan fingerprint density at radius 3 is 2.61 bits per heavy atom. The number of aromatic nitrogens is 4. The van der Waals surface area contributed by atoms with Gasteiger partial charge in [0.1, 0.15) is 5.52 Å². The van der Waals surface area contributed by atoms with Crippen molar-refractivity contribution >= 4 is 56.6 Å². The molecule has 4 bridgehead atoms. The van der Waals surface area contributed by atoms with E-state index in [1.807, 2.05) is 17.9 Å². The average Bonchev–Trinajstić information content (AvgIpc) is 3.47. The summed E-state index contributed by atoms with van der Waals surface area (Å²) >= 11 is 13.1. The quantitative estimate of drug-likeness (QED) is 0.166. The molecule has 2 aromatic carbocycles. The summed E-state index contributed by atoms with van der Waals surface area (Å²) in [4.78, 5) is 23.1. The van der Waals surface area contributed by atoms with Crippen molar-refractivity contribution in [3.05, 3.63) is 75.0 Å². The Kier molecular flexibility index (Phi) is 8.24. The Morgan fingerprint density at radius 1 is 1.11 bits per heavy atom. The number of rotatable bonds is 7. The van der Waals surface area contributed by atoms with Gasteiger partial charge in [-0.25, -0.2) is 9.37 Å². The molecule has 2 saturated carbocycles. The van der Waals surface area contributed by atoms with E-state index in [9.17, 15) is 23.2 Å². The second kappa shape index (κ2) is 12.8. The fourth-order valence-electron chi connectivity index (χ4n) is 10.4. The van der Waals surface area contributed by atoms with Crippen LogP contribution in [0.1, 0.15) is 66.8 Å². The monoisotopic (exact) mass is 804 g/mol. The standard InChI is InChI=1S/C41H38Cl2F4N8O/c1-19-26-14-30(37-23-11-24(54(37)40(56)20-8-9-20)17-53(16-23)31-18-52(2)51-39(31)41(45,46)47)55(36-22-13-29(36)49-15-22)38(26)27-12-21(5-4-10-48)32(34(44)35(27)50-19)25-6-3-7-28(42)33(25)43/h3,6-7,12,14,18,20,22-24,29,36-37,49H,4-5,8-9,11,13,15-17H2,1-2H3. The molecular weight excluding hydrogens is 767 g/mol. The maximum Gasteiger partial charge on any atom is 0.437 e. The van der Waals surface area contributed by atoms with Crippen LogP contribution in [0.5, 0.6) is 0 Å². The maximum absolute atomic E-state index is 17.3. The number of nitrogens with zero attached hydrogens (tertiary/aromatic N) is 7. The molecular formula is C41H38Cl2F4N8O. The van der Waals surface area contributed by atoms with Crippen molar-refractivity contribution in [2.75, 3.05) is 24.5 Å². The lowest BCUT2D eigenvalue weighted by Crippen LogP contribution is -2.45. The lowest BCUT2D eigenvalue weighted by Gasteiger charge is -2.40. The molecule has 6 aliphatic rings. The van der Waals surface area contributed by atoms with E-state index in [1.54, 1.807) is 23.1 Å². The van der Waals surface area contributed by atoms with Crippen molar-refractivity contribution in [1.29, 1.82) is 5.26 Å². The van der Waals surface area contributed by atoms with Crippen LogP contribution in [0.4, 0.5) is 23.2 Å². The van der Waals surface area contributed by atoms with Crippen LogP contribution in [0.25, 0.3) is 32.9 Å². The van der Waals surface area contributed by atoms with Crippen molar-refractivity contribution in [3.8, 4) is 17.2 Å². The fraction of sp³-hybridized carbons (Fsp3) is 0.463. The number of nitrogens with one attached hydrogen (secondary N) is 1. The highest BCUT2D eigenvalue weighted by Crippen LogP contribution is 2.54. The van der Waals surface area contributed by atoms with Crippen molar-refractivity contribution in [2.45, 2.75) is 75.8 Å². The van der Waals surface area contributed by atoms with Gasteiger partial charge in [-0.2, -0.15) is 23.5 Å². The number of carbonyl (C=O) groups excluding carboxylic acids is 1. The minimum Gasteiger partial charge on any atom is -0.366 e. The van der Waals surface area contributed by atoms with Crippen LogP contribution in [0.2, 0.25) is 10.0 Å². The number of pyridine rings is 1. The first kappa shape index (κ1) is 36.0. The number of hydrogen-bond acceptors (Lipinski definition) is 6. The van der Waals surface area contributed by atoms with Crippen molar-refractivity contribution in [2.24, 2.45) is 24.8 Å². The number of alkyl halides is 3. The van der Waals surface area contributed by atoms with E-state index in [0.29, 0.717) is 41.1 Å². The van der Waals surface area contributed by atoms with Gasteiger partial charge < -0.3 is 19.7 Å². The Labute approximate surface area is 330 Å². The average molecular weight is 806 g/mol. The Balaban J connectivity index is 1.20. The Hall–Kier alpha value is -4.38. The largest absolute Gasteiger partial charge is 0.437 e. The van der Waals surface area contributed by atoms with E-state index in [-0.39, 0.29) is 82.1 Å². The van der Waals surface area contributed by atoms with Crippen LogP contribution in [-0.4, -0.2) is 61.9 Å².